The highest BCUT2D eigenvalue weighted by Crippen LogP contribution is 2.10. The molecule has 0 radical (unpaired) electrons. The number of carbonyl (C=O) groups excluding carboxylic acids is 1. The Labute approximate surface area is 128 Å². The number of nitrogens with one attached hydrogen (secondary N) is 2. The molecule has 2 N–H and O–H groups in total. The lowest BCUT2D eigenvalue weighted by molar-refractivity contribution is 0.254. The van der Waals surface area contributed by atoms with Gasteiger partial charge in [0.05, 0.1) is 11.9 Å². The van der Waals surface area contributed by atoms with Gasteiger partial charge in [-0.1, -0.05) is 30.3 Å². The second-order valence-electron chi connectivity index (χ2n) is 4.94. The Morgan fingerprint density at radius 2 is 1.95 bits per heavy atom. The van der Waals surface area contributed by atoms with E-state index in [0.717, 1.165) is 18.5 Å². The topological polar surface area (TPSA) is 71.3 Å². The van der Waals surface area contributed by atoms with E-state index in [0.29, 0.717) is 11.5 Å². The van der Waals surface area contributed by atoms with Gasteiger partial charge in [-0.05, 0) is 30.5 Å². The number of urea groups is 1. The molecule has 6 heteroatoms. The van der Waals surface area contributed by atoms with Gasteiger partial charge in [-0.25, -0.2) is 14.3 Å². The largest absolute Gasteiger partial charge is 0.341 e. The molecule has 3 rings (SSSR count). The van der Waals surface area contributed by atoms with Crippen molar-refractivity contribution in [3.63, 3.8) is 0 Å². The zero-order chi connectivity index (χ0) is 15.4. The molecule has 6 nitrogen and oxygen atoms in total. The number of amides is 2. The average molecular weight is 295 g/mol. The standard InChI is InChI=1S/C16H17N5O/c1-17-16(22)19-14-11-21-15(18-14)10-9-13(20-21)8-7-12-5-3-2-4-6-12/h2-6,9-11H,7-8H2,1H3,(H2,17,19,22). The molecule has 0 atom stereocenters. The molecule has 3 aromatic rings. The lowest BCUT2D eigenvalue weighted by Crippen LogP contribution is -2.24. The maximum absolute atomic E-state index is 11.3. The number of anilines is 1. The van der Waals surface area contributed by atoms with Crippen LogP contribution in [0.15, 0.2) is 48.7 Å². The van der Waals surface area contributed by atoms with Crippen LogP contribution >= 0.6 is 0 Å². The maximum atomic E-state index is 11.3. The molecule has 0 aliphatic rings. The summed E-state index contributed by atoms with van der Waals surface area (Å²) in [6, 6.07) is 13.9. The van der Waals surface area contributed by atoms with Crippen LogP contribution in [0.25, 0.3) is 5.65 Å². The quantitative estimate of drug-likeness (QED) is 0.775. The Morgan fingerprint density at radius 3 is 2.73 bits per heavy atom. The highest BCUT2D eigenvalue weighted by molar-refractivity contribution is 5.88. The van der Waals surface area contributed by atoms with Gasteiger partial charge in [-0.15, -0.1) is 0 Å². The van der Waals surface area contributed by atoms with E-state index >= 15 is 0 Å². The third-order valence-corrected chi connectivity index (χ3v) is 3.36. The molecule has 2 amide bonds. The van der Waals surface area contributed by atoms with Gasteiger partial charge in [0.1, 0.15) is 0 Å². The average Bonchev–Trinajstić information content (AvgIpc) is 2.95. The molecule has 0 bridgehead atoms. The molecule has 0 saturated carbocycles. The van der Waals surface area contributed by atoms with Crippen molar-refractivity contribution in [1.29, 1.82) is 0 Å². The van der Waals surface area contributed by atoms with E-state index in [1.54, 1.807) is 17.8 Å². The minimum atomic E-state index is -0.298. The number of fused-ring (bicyclic) bond motifs is 1. The number of aryl methyl sites for hydroxylation is 2. The van der Waals surface area contributed by atoms with Crippen LogP contribution in [-0.4, -0.2) is 27.7 Å². The summed E-state index contributed by atoms with van der Waals surface area (Å²) in [6.45, 7) is 0. The lowest BCUT2D eigenvalue weighted by Gasteiger charge is -2.01. The normalized spacial score (nSPS) is 10.6. The molecular formula is C16H17N5O. The van der Waals surface area contributed by atoms with Gasteiger partial charge < -0.3 is 5.32 Å². The molecule has 22 heavy (non-hydrogen) atoms. The number of hydrogen-bond acceptors (Lipinski definition) is 3. The van der Waals surface area contributed by atoms with E-state index in [1.165, 1.54) is 5.56 Å². The summed E-state index contributed by atoms with van der Waals surface area (Å²) in [7, 11) is 1.56. The van der Waals surface area contributed by atoms with Gasteiger partial charge in [0.15, 0.2) is 11.5 Å². The van der Waals surface area contributed by atoms with Crippen molar-refractivity contribution in [2.24, 2.45) is 0 Å². The van der Waals surface area contributed by atoms with Crippen molar-refractivity contribution in [3.8, 4) is 0 Å². The Kier molecular flexibility index (Phi) is 4.00. The van der Waals surface area contributed by atoms with E-state index < -0.39 is 0 Å². The molecule has 0 spiro atoms. The first-order valence-corrected chi connectivity index (χ1v) is 7.12. The number of carbonyl (C=O) groups is 1. The summed E-state index contributed by atoms with van der Waals surface area (Å²) in [5.74, 6) is 0.479. The summed E-state index contributed by atoms with van der Waals surface area (Å²) < 4.78 is 1.69. The molecule has 0 aliphatic heterocycles. The second kappa shape index (κ2) is 6.26. The van der Waals surface area contributed by atoms with Crippen LogP contribution in [0, 0.1) is 0 Å². The number of rotatable bonds is 4. The van der Waals surface area contributed by atoms with E-state index in [1.807, 2.05) is 30.3 Å². The van der Waals surface area contributed by atoms with Crippen molar-refractivity contribution in [1.82, 2.24) is 19.9 Å². The first-order chi connectivity index (χ1) is 10.7. The highest BCUT2D eigenvalue weighted by Gasteiger charge is 2.06. The fourth-order valence-corrected chi connectivity index (χ4v) is 2.21. The Hall–Kier alpha value is -2.89. The van der Waals surface area contributed by atoms with Crippen LogP contribution in [0.3, 0.4) is 0 Å². The van der Waals surface area contributed by atoms with E-state index in [-0.39, 0.29) is 6.03 Å². The zero-order valence-electron chi connectivity index (χ0n) is 12.3. The SMILES string of the molecule is CNC(=O)Nc1cn2nc(CCc3ccccc3)ccc2n1. The zero-order valence-corrected chi connectivity index (χ0v) is 12.3. The number of nitrogens with zero attached hydrogens (tertiary/aromatic N) is 3. The van der Waals surface area contributed by atoms with E-state index in [9.17, 15) is 4.79 Å². The van der Waals surface area contributed by atoms with Crippen LogP contribution in [0.2, 0.25) is 0 Å². The van der Waals surface area contributed by atoms with Crippen LogP contribution in [0.1, 0.15) is 11.3 Å². The van der Waals surface area contributed by atoms with Gasteiger partial charge >= 0.3 is 6.03 Å². The summed E-state index contributed by atoms with van der Waals surface area (Å²) >= 11 is 0. The predicted molar refractivity (Wildman–Crippen MR) is 84.9 cm³/mol. The fraction of sp³-hybridized carbons (Fsp3) is 0.188. The fourth-order valence-electron chi connectivity index (χ4n) is 2.21. The first kappa shape index (κ1) is 14.1. The van der Waals surface area contributed by atoms with Crippen molar-refractivity contribution in [2.75, 3.05) is 12.4 Å². The molecule has 0 unspecified atom stereocenters. The van der Waals surface area contributed by atoms with Crippen molar-refractivity contribution < 1.29 is 4.79 Å². The van der Waals surface area contributed by atoms with Gasteiger partial charge in [0.2, 0.25) is 0 Å². The molecule has 2 aromatic heterocycles. The summed E-state index contributed by atoms with van der Waals surface area (Å²) in [5.41, 5.74) is 2.98. The monoisotopic (exact) mass is 295 g/mol. The molecule has 1 aromatic carbocycles. The van der Waals surface area contributed by atoms with Crippen molar-refractivity contribution >= 4 is 17.5 Å². The maximum Gasteiger partial charge on any atom is 0.320 e. The number of hydrogen-bond donors (Lipinski definition) is 2. The lowest BCUT2D eigenvalue weighted by atomic mass is 10.1. The van der Waals surface area contributed by atoms with Gasteiger partial charge in [0.25, 0.3) is 0 Å². The summed E-state index contributed by atoms with van der Waals surface area (Å²) in [4.78, 5) is 15.6. The first-order valence-electron chi connectivity index (χ1n) is 7.12. The minimum Gasteiger partial charge on any atom is -0.341 e. The second-order valence-corrected chi connectivity index (χ2v) is 4.94. The van der Waals surface area contributed by atoms with Crippen LogP contribution in [0.4, 0.5) is 10.6 Å². The van der Waals surface area contributed by atoms with Crippen LogP contribution < -0.4 is 10.6 Å². The molecule has 112 valence electrons. The predicted octanol–water partition coefficient (Wildman–Crippen LogP) is 2.27. The van der Waals surface area contributed by atoms with Gasteiger partial charge in [0, 0.05) is 7.05 Å². The van der Waals surface area contributed by atoms with Crippen molar-refractivity contribution in [2.45, 2.75) is 12.8 Å². The third-order valence-electron chi connectivity index (χ3n) is 3.36. The minimum absolute atomic E-state index is 0.298. The number of aromatic nitrogens is 3. The summed E-state index contributed by atoms with van der Waals surface area (Å²) in [6.07, 6.45) is 3.50. The molecule has 2 heterocycles. The smallest absolute Gasteiger partial charge is 0.320 e. The van der Waals surface area contributed by atoms with Crippen LogP contribution in [0.5, 0.6) is 0 Å². The van der Waals surface area contributed by atoms with Gasteiger partial charge in [-0.3, -0.25) is 5.32 Å². The molecular weight excluding hydrogens is 278 g/mol. The highest BCUT2D eigenvalue weighted by atomic mass is 16.2. The Bertz CT molecular complexity index is 782. The number of benzene rings is 1. The Balaban J connectivity index is 1.73. The van der Waals surface area contributed by atoms with Gasteiger partial charge in [-0.2, -0.15) is 5.10 Å². The Morgan fingerprint density at radius 1 is 1.14 bits per heavy atom. The van der Waals surface area contributed by atoms with E-state index in [4.69, 9.17) is 0 Å². The van der Waals surface area contributed by atoms with E-state index in [2.05, 4.69) is 32.8 Å². The molecule has 0 aliphatic carbocycles. The number of imidazole rings is 1. The molecule has 0 fully saturated rings. The van der Waals surface area contributed by atoms with Crippen molar-refractivity contribution in [3.05, 3.63) is 59.9 Å². The summed E-state index contributed by atoms with van der Waals surface area (Å²) in [5, 5.41) is 9.65. The van der Waals surface area contributed by atoms with Crippen LogP contribution in [-0.2, 0) is 12.8 Å². The third kappa shape index (κ3) is 3.22. The molecule has 0 saturated heterocycles.